The number of hydrogen-bond acceptors (Lipinski definition) is 2. The number of nitriles is 1. The van der Waals surface area contributed by atoms with E-state index in [1.165, 1.54) is 5.56 Å². The predicted molar refractivity (Wildman–Crippen MR) is 60.6 cm³/mol. The Morgan fingerprint density at radius 3 is 1.87 bits per heavy atom. The van der Waals surface area contributed by atoms with Gasteiger partial charge in [0.15, 0.2) is 0 Å². The molecule has 0 bridgehead atoms. The van der Waals surface area contributed by atoms with Gasteiger partial charge in [0.2, 0.25) is 0 Å². The van der Waals surface area contributed by atoms with E-state index in [0.717, 1.165) is 5.56 Å². The zero-order chi connectivity index (χ0) is 11.4. The molecular weight excluding hydrogens is 186 g/mol. The van der Waals surface area contributed by atoms with E-state index in [2.05, 4.69) is 19.9 Å². The Morgan fingerprint density at radius 2 is 1.53 bits per heavy atom. The monoisotopic (exact) mass is 203 g/mol. The molecule has 0 aliphatic rings. The Morgan fingerprint density at radius 1 is 1.07 bits per heavy atom. The molecule has 2 atom stereocenters. The zero-order valence-corrected chi connectivity index (χ0v) is 9.44. The molecule has 0 amide bonds. The molecule has 1 aromatic rings. The van der Waals surface area contributed by atoms with Gasteiger partial charge in [0, 0.05) is 0 Å². The van der Waals surface area contributed by atoms with Gasteiger partial charge in [-0.25, -0.2) is 0 Å². The molecular formula is C13H17NO. The molecule has 0 spiro atoms. The van der Waals surface area contributed by atoms with E-state index in [0.29, 0.717) is 5.92 Å². The summed E-state index contributed by atoms with van der Waals surface area (Å²) in [5, 5.41) is 18.3. The smallest absolute Gasteiger partial charge is 0.0969 e. The van der Waals surface area contributed by atoms with Crippen LogP contribution in [0.4, 0.5) is 0 Å². The molecule has 0 saturated heterocycles. The fraction of sp³-hybridized carbons (Fsp3) is 0.462. The van der Waals surface area contributed by atoms with Crippen molar-refractivity contribution < 1.29 is 5.11 Å². The lowest BCUT2D eigenvalue weighted by Crippen LogP contribution is -2.12. The van der Waals surface area contributed by atoms with Gasteiger partial charge in [-0.15, -0.1) is 0 Å². The maximum atomic E-state index is 9.42. The molecule has 0 aliphatic carbocycles. The second-order valence-corrected chi connectivity index (χ2v) is 4.17. The number of aliphatic hydroxyl groups excluding tert-OH is 1. The molecule has 1 N–H and O–H groups in total. The number of hydrogen-bond donors (Lipinski definition) is 1. The standard InChI is InChI=1S/C13H17NO/c1-9(2)11-4-6-12(7-5-11)13(8-14)10(3)15/h4-7,9-10,13,15H,1-3H3. The van der Waals surface area contributed by atoms with Crippen molar-refractivity contribution in [2.45, 2.75) is 38.7 Å². The van der Waals surface area contributed by atoms with Crippen molar-refractivity contribution in [1.82, 2.24) is 0 Å². The summed E-state index contributed by atoms with van der Waals surface area (Å²) in [6.07, 6.45) is -0.625. The summed E-state index contributed by atoms with van der Waals surface area (Å²) in [7, 11) is 0. The Balaban J connectivity index is 2.93. The first-order valence-corrected chi connectivity index (χ1v) is 5.23. The number of benzene rings is 1. The van der Waals surface area contributed by atoms with Crippen molar-refractivity contribution in [3.8, 4) is 6.07 Å². The molecule has 0 radical (unpaired) electrons. The van der Waals surface area contributed by atoms with Crippen molar-refractivity contribution in [2.75, 3.05) is 0 Å². The molecule has 1 aromatic carbocycles. The van der Waals surface area contributed by atoms with Gasteiger partial charge < -0.3 is 5.11 Å². The van der Waals surface area contributed by atoms with Crippen LogP contribution in [0.25, 0.3) is 0 Å². The minimum atomic E-state index is -0.625. The highest BCUT2D eigenvalue weighted by Crippen LogP contribution is 2.22. The first-order valence-electron chi connectivity index (χ1n) is 5.23. The molecule has 1 rings (SSSR count). The van der Waals surface area contributed by atoms with Crippen molar-refractivity contribution in [1.29, 1.82) is 5.26 Å². The summed E-state index contributed by atoms with van der Waals surface area (Å²) >= 11 is 0. The van der Waals surface area contributed by atoms with Gasteiger partial charge in [0.25, 0.3) is 0 Å². The molecule has 2 heteroatoms. The molecule has 0 fully saturated rings. The van der Waals surface area contributed by atoms with Crippen LogP contribution in [0.2, 0.25) is 0 Å². The largest absolute Gasteiger partial charge is 0.392 e. The van der Waals surface area contributed by atoms with Crippen LogP contribution in [-0.4, -0.2) is 11.2 Å². The highest BCUT2D eigenvalue weighted by molar-refractivity contribution is 5.30. The van der Waals surface area contributed by atoms with Crippen LogP contribution in [0.3, 0.4) is 0 Å². The lowest BCUT2D eigenvalue weighted by atomic mass is 9.93. The third-order valence-electron chi connectivity index (χ3n) is 2.58. The fourth-order valence-electron chi connectivity index (χ4n) is 1.55. The Kier molecular flexibility index (Phi) is 3.88. The van der Waals surface area contributed by atoms with E-state index in [4.69, 9.17) is 5.26 Å². The zero-order valence-electron chi connectivity index (χ0n) is 9.44. The summed E-state index contributed by atoms with van der Waals surface area (Å²) in [5.74, 6) is 0.0670. The van der Waals surface area contributed by atoms with Crippen molar-refractivity contribution in [2.24, 2.45) is 0 Å². The number of nitrogens with zero attached hydrogens (tertiary/aromatic N) is 1. The second kappa shape index (κ2) is 4.95. The molecule has 0 aromatic heterocycles. The van der Waals surface area contributed by atoms with Gasteiger partial charge >= 0.3 is 0 Å². The van der Waals surface area contributed by atoms with Crippen molar-refractivity contribution >= 4 is 0 Å². The topological polar surface area (TPSA) is 44.0 Å². The van der Waals surface area contributed by atoms with Crippen LogP contribution in [0, 0.1) is 11.3 Å². The van der Waals surface area contributed by atoms with E-state index in [1.54, 1.807) is 6.92 Å². The van der Waals surface area contributed by atoms with Gasteiger partial charge in [-0.1, -0.05) is 38.1 Å². The summed E-state index contributed by atoms with van der Waals surface area (Å²) in [5.41, 5.74) is 2.14. The molecule has 0 saturated carbocycles. The molecule has 80 valence electrons. The Hall–Kier alpha value is -1.33. The first-order chi connectivity index (χ1) is 7.06. The van der Waals surface area contributed by atoms with Crippen molar-refractivity contribution in [3.63, 3.8) is 0 Å². The molecule has 0 heterocycles. The van der Waals surface area contributed by atoms with Gasteiger partial charge in [0.1, 0.15) is 0 Å². The SMILES string of the molecule is CC(C)c1ccc(C(C#N)C(C)O)cc1. The van der Waals surface area contributed by atoms with Gasteiger partial charge in [-0.3, -0.25) is 0 Å². The molecule has 0 aliphatic heterocycles. The highest BCUT2D eigenvalue weighted by atomic mass is 16.3. The van der Waals surface area contributed by atoms with Crippen LogP contribution >= 0.6 is 0 Å². The third kappa shape index (κ3) is 2.81. The molecule has 2 nitrogen and oxygen atoms in total. The van der Waals surface area contributed by atoms with E-state index >= 15 is 0 Å². The maximum absolute atomic E-state index is 9.42. The Labute approximate surface area is 91.2 Å². The highest BCUT2D eigenvalue weighted by Gasteiger charge is 2.16. The van der Waals surface area contributed by atoms with Crippen LogP contribution in [-0.2, 0) is 0 Å². The quantitative estimate of drug-likeness (QED) is 0.821. The lowest BCUT2D eigenvalue weighted by Gasteiger charge is -2.13. The average Bonchev–Trinajstić information content (AvgIpc) is 2.19. The van der Waals surface area contributed by atoms with Crippen LogP contribution < -0.4 is 0 Å². The first kappa shape index (κ1) is 11.7. The normalized spacial score (nSPS) is 14.7. The predicted octanol–water partition coefficient (Wildman–Crippen LogP) is 2.80. The van der Waals surface area contributed by atoms with Crippen LogP contribution in [0.1, 0.15) is 43.7 Å². The fourth-order valence-corrected chi connectivity index (χ4v) is 1.55. The molecule has 2 unspecified atom stereocenters. The third-order valence-corrected chi connectivity index (χ3v) is 2.58. The van der Waals surface area contributed by atoms with Crippen molar-refractivity contribution in [3.05, 3.63) is 35.4 Å². The summed E-state index contributed by atoms with van der Waals surface area (Å²) in [6, 6.07) is 10.0. The van der Waals surface area contributed by atoms with Crippen LogP contribution in [0.5, 0.6) is 0 Å². The lowest BCUT2D eigenvalue weighted by molar-refractivity contribution is 0.181. The maximum Gasteiger partial charge on any atom is 0.0969 e. The minimum absolute atomic E-state index is 0.425. The van der Waals surface area contributed by atoms with E-state index in [9.17, 15) is 5.11 Å². The van der Waals surface area contributed by atoms with E-state index in [1.807, 2.05) is 24.3 Å². The minimum Gasteiger partial charge on any atom is -0.392 e. The van der Waals surface area contributed by atoms with Crippen LogP contribution in [0.15, 0.2) is 24.3 Å². The van der Waals surface area contributed by atoms with Gasteiger partial charge in [0.05, 0.1) is 18.1 Å². The number of aliphatic hydroxyl groups is 1. The molecule has 15 heavy (non-hydrogen) atoms. The summed E-state index contributed by atoms with van der Waals surface area (Å²) in [4.78, 5) is 0. The van der Waals surface area contributed by atoms with Gasteiger partial charge in [-0.2, -0.15) is 5.26 Å². The summed E-state index contributed by atoms with van der Waals surface area (Å²) in [6.45, 7) is 5.90. The second-order valence-electron chi connectivity index (χ2n) is 4.17. The average molecular weight is 203 g/mol. The number of rotatable bonds is 3. The summed E-state index contributed by atoms with van der Waals surface area (Å²) < 4.78 is 0. The van der Waals surface area contributed by atoms with E-state index in [-0.39, 0.29) is 0 Å². The van der Waals surface area contributed by atoms with E-state index < -0.39 is 12.0 Å². The van der Waals surface area contributed by atoms with Gasteiger partial charge in [-0.05, 0) is 24.0 Å². The Bertz CT molecular complexity index is 346.